The Bertz CT molecular complexity index is 3000. The maximum absolute atomic E-state index is 17.4. The first kappa shape index (κ1) is 60.8. The number of aromatic nitrogens is 8. The van der Waals surface area contributed by atoms with E-state index in [1.165, 1.54) is 75.6 Å². The van der Waals surface area contributed by atoms with Crippen LogP contribution >= 0.6 is 25.8 Å². The second kappa shape index (κ2) is 27.7. The molecule has 0 spiro atoms. The van der Waals surface area contributed by atoms with E-state index in [4.69, 9.17) is 28.8 Å². The number of nitrogens with two attached hydrogens (primary N) is 1. The number of fused-ring (bicyclic) bond motifs is 4. The largest absolute Gasteiger partial charge is 0.492 e. The highest BCUT2D eigenvalue weighted by atomic mass is 32.7. The summed E-state index contributed by atoms with van der Waals surface area (Å²) in [5.74, 6) is -2.12. The number of aromatic hydroxyl groups is 1. The Morgan fingerprint density at radius 3 is 1.98 bits per heavy atom. The summed E-state index contributed by atoms with van der Waals surface area (Å²) in [7, 11) is -5.23. The number of hydrogen-bond acceptors (Lipinski definition) is 19. The highest BCUT2D eigenvalue weighted by Crippen LogP contribution is 2.70. The molecule has 3 aliphatic heterocycles. The smallest absolute Gasteiger partial charge is 0.472 e. The van der Waals surface area contributed by atoms with Gasteiger partial charge >= 0.3 is 7.82 Å². The Hall–Kier alpha value is -5.24. The quantitative estimate of drug-likeness (QED) is 0.0235. The zero-order valence-electron chi connectivity index (χ0n) is 45.2. The Balaban J connectivity index is 0.897. The van der Waals surface area contributed by atoms with Gasteiger partial charge in [-0.05, 0) is 37.0 Å². The van der Waals surface area contributed by atoms with Crippen molar-refractivity contribution in [2.45, 2.75) is 184 Å². The van der Waals surface area contributed by atoms with Crippen LogP contribution in [0.4, 0.5) is 20.3 Å². The van der Waals surface area contributed by atoms with E-state index in [-0.39, 0.29) is 45.7 Å². The molecule has 24 nitrogen and oxygen atoms in total. The van der Waals surface area contributed by atoms with Gasteiger partial charge in [0.15, 0.2) is 47.4 Å². The van der Waals surface area contributed by atoms with Crippen molar-refractivity contribution in [3.05, 3.63) is 55.1 Å². The number of benzene rings is 1. The number of alkyl halides is 2. The van der Waals surface area contributed by atoms with Gasteiger partial charge in [-0.3, -0.25) is 37.1 Å². The van der Waals surface area contributed by atoms with Crippen LogP contribution in [0.2, 0.25) is 0 Å². The first-order chi connectivity index (χ1) is 38.4. The van der Waals surface area contributed by atoms with Gasteiger partial charge in [0.1, 0.15) is 48.1 Å². The molecule has 3 aliphatic rings. The first-order valence-corrected chi connectivity index (χ1v) is 32.1. The minimum Gasteiger partial charge on any atom is -0.492 e. The van der Waals surface area contributed by atoms with Crippen LogP contribution in [0.15, 0.2) is 49.6 Å². The molecule has 5 aromatic rings. The second-order valence-corrected chi connectivity index (χ2v) is 26.9. The van der Waals surface area contributed by atoms with Crippen LogP contribution in [0.5, 0.6) is 5.88 Å². The number of halogens is 2. The van der Waals surface area contributed by atoms with Gasteiger partial charge in [0.05, 0.1) is 32.0 Å². The van der Waals surface area contributed by atoms with Crippen molar-refractivity contribution >= 4 is 77.3 Å². The number of carbonyl (C=O) groups excluding carboxylic acids is 3. The molecule has 12 atom stereocenters. The third kappa shape index (κ3) is 14.9. The lowest BCUT2D eigenvalue weighted by Crippen LogP contribution is -2.53. The number of imidazole rings is 2. The molecule has 7 N–H and O–H groups in total. The molecule has 29 heteroatoms. The maximum atomic E-state index is 17.4. The van der Waals surface area contributed by atoms with E-state index in [0.717, 1.165) is 49.2 Å². The van der Waals surface area contributed by atoms with Crippen molar-refractivity contribution < 1.29 is 65.3 Å². The highest BCUT2D eigenvalue weighted by Gasteiger charge is 2.59. The summed E-state index contributed by atoms with van der Waals surface area (Å²) in [6.45, 7) is 1.21. The van der Waals surface area contributed by atoms with Crippen LogP contribution < -0.4 is 21.7 Å². The number of amides is 3. The third-order valence-corrected chi connectivity index (χ3v) is 20.6. The topological polar surface area (TPSA) is 321 Å². The fourth-order valence-electron chi connectivity index (χ4n) is 9.99. The molecule has 2 unspecified atom stereocenters. The van der Waals surface area contributed by atoms with Gasteiger partial charge in [-0.2, -0.15) is 4.98 Å². The van der Waals surface area contributed by atoms with Crippen molar-refractivity contribution in [1.29, 1.82) is 0 Å². The summed E-state index contributed by atoms with van der Waals surface area (Å²) in [4.78, 5) is 74.9. The number of nitrogens with zero attached hydrogens (tertiary/aromatic N) is 8. The number of nitrogen functional groups attached to an aromatic ring is 1. The number of unbranched alkanes of at least 4 members (excludes halogenated alkanes) is 12. The monoisotopic (exact) mass is 1180 g/mol. The number of ether oxygens (including phenoxy) is 2. The Morgan fingerprint density at radius 1 is 0.750 bits per heavy atom. The zero-order chi connectivity index (χ0) is 57.1. The molecule has 4 aromatic heterocycles. The van der Waals surface area contributed by atoms with E-state index in [1.807, 2.05) is 13.8 Å². The Morgan fingerprint density at radius 2 is 1.32 bits per heavy atom. The number of phosphoric acid groups is 1. The van der Waals surface area contributed by atoms with E-state index >= 15 is 13.3 Å². The van der Waals surface area contributed by atoms with Crippen molar-refractivity contribution in [2.24, 2.45) is 5.92 Å². The minimum absolute atomic E-state index is 0.00745. The van der Waals surface area contributed by atoms with Crippen LogP contribution in [0.25, 0.3) is 22.3 Å². The van der Waals surface area contributed by atoms with E-state index in [9.17, 15) is 28.9 Å². The van der Waals surface area contributed by atoms with Crippen LogP contribution in [-0.4, -0.2) is 128 Å². The maximum Gasteiger partial charge on any atom is 0.472 e. The van der Waals surface area contributed by atoms with Crippen molar-refractivity contribution in [1.82, 2.24) is 49.7 Å². The average Bonchev–Trinajstić information content (AvgIpc) is 4.22. The lowest BCUT2D eigenvalue weighted by molar-refractivity contribution is -0.131. The molecule has 1 aromatic carbocycles. The summed E-state index contributed by atoms with van der Waals surface area (Å²) < 4.78 is 94.6. The SMILES string of the molecule is CCCCCCCCCCCCCCCC(=O)N[C@H](C(=O)N[C@@H](C)C(=O)Nc1ccc(CSP2(=O)OC[C@H]3O[C@@H](n4cnc5c(N)ncnc54)[C@H](F)[C@@H]3OP(=O)(O)OC[C@H]3O[C@@H](n4cnc5c(O)ncnc54)[C@H](F)[C@@H]32)cc1)C(C)C. The number of anilines is 2. The lowest BCUT2D eigenvalue weighted by Gasteiger charge is -2.28. The number of carbonyl (C=O) groups is 3. The van der Waals surface area contributed by atoms with Crippen LogP contribution in [0.3, 0.4) is 0 Å². The molecular weight excluding hydrogens is 1100 g/mol. The van der Waals surface area contributed by atoms with E-state index < -0.39 is 106 Å². The predicted molar refractivity (Wildman–Crippen MR) is 293 cm³/mol. The number of nitrogens with one attached hydrogen (secondary N) is 3. The summed E-state index contributed by atoms with van der Waals surface area (Å²) >= 11 is 0.708. The molecule has 8 rings (SSSR count). The van der Waals surface area contributed by atoms with E-state index in [2.05, 4.69) is 52.8 Å². The summed E-state index contributed by atoms with van der Waals surface area (Å²) in [5.41, 5.74) is 5.14. The minimum atomic E-state index is -5.23. The Kier molecular flexibility index (Phi) is 21.1. The second-order valence-electron chi connectivity index (χ2n) is 20.8. The van der Waals surface area contributed by atoms with Gasteiger partial charge in [-0.1, -0.05) is 121 Å². The van der Waals surface area contributed by atoms with Crippen LogP contribution in [0.1, 0.15) is 136 Å². The molecule has 0 aliphatic carbocycles. The fourth-order valence-corrected chi connectivity index (χ4v) is 16.0. The van der Waals surface area contributed by atoms with Crippen LogP contribution in [-0.2, 0) is 52.3 Å². The van der Waals surface area contributed by atoms with Gasteiger partial charge in [0.25, 0.3) is 6.57 Å². The normalized spacial score (nSPS) is 26.9. The molecule has 0 saturated carbocycles. The van der Waals surface area contributed by atoms with Crippen molar-refractivity contribution in [3.8, 4) is 5.88 Å². The lowest BCUT2D eigenvalue weighted by atomic mass is 10.0. The summed E-state index contributed by atoms with van der Waals surface area (Å²) in [6.07, 6.45) is 7.57. The Labute approximate surface area is 466 Å². The molecule has 7 heterocycles. The predicted octanol–water partition coefficient (Wildman–Crippen LogP) is 8.52. The number of phosphoric ester groups is 1. The highest BCUT2D eigenvalue weighted by molar-refractivity contribution is 8.56. The summed E-state index contributed by atoms with van der Waals surface area (Å²) in [5, 5.41) is 18.7. The van der Waals surface area contributed by atoms with Gasteiger partial charge in [-0.15, -0.1) is 0 Å². The molecule has 0 radical (unpaired) electrons. The van der Waals surface area contributed by atoms with E-state index in [0.29, 0.717) is 29.1 Å². The van der Waals surface area contributed by atoms with Gasteiger partial charge in [0, 0.05) is 17.9 Å². The molecule has 3 amide bonds. The molecule has 3 saturated heterocycles. The zero-order valence-corrected chi connectivity index (χ0v) is 47.8. The molecular formula is C51H72F2N12O12P2S. The molecule has 438 valence electrons. The third-order valence-electron chi connectivity index (χ3n) is 14.4. The van der Waals surface area contributed by atoms with Gasteiger partial charge in [0.2, 0.25) is 23.6 Å². The first-order valence-electron chi connectivity index (χ1n) is 27.3. The van der Waals surface area contributed by atoms with Crippen molar-refractivity contribution in [3.63, 3.8) is 0 Å². The molecule has 80 heavy (non-hydrogen) atoms. The van der Waals surface area contributed by atoms with Crippen LogP contribution in [0, 0.1) is 5.92 Å². The standard InChI is InChI=1S/C51H72F2N12O12P2S/c1-5-6-7-8-9-10-11-12-13-14-15-16-17-18-36(66)63-39(30(2)3)49(69)61-31(4)47(67)62-33-21-19-32(20-22-33)25-80-78(70)43-35(76-51(38(43)53)65-29-60-41-46(65)57-27-58-48(41)68)24-74-79(71,72)77-42-34(23-73-78)75-50(37(42)52)64-28-59-40-44(54)55-26-56-45(40)64/h19-22,26-31,34-35,37-39,42-43,50-51H,5-18,23-25H2,1-4H3,(H,61,69)(H,62,67)(H,63,66)(H,71,72)(H2,54,55,56)(H,57,58,68)/t31-,34+,35+,37+,38+,39-,42+,43+,50+,51+,78?/m0/s1. The molecule has 0 bridgehead atoms. The average molecular weight is 1180 g/mol. The van der Waals surface area contributed by atoms with Gasteiger partial charge < -0.3 is 45.7 Å². The summed E-state index contributed by atoms with van der Waals surface area (Å²) in [6, 6.07) is 4.52. The van der Waals surface area contributed by atoms with Crippen molar-refractivity contribution in [2.75, 3.05) is 24.3 Å². The number of rotatable bonds is 25. The molecule has 3 fully saturated rings. The van der Waals surface area contributed by atoms with E-state index in [1.54, 1.807) is 24.3 Å². The number of hydrogen-bond donors (Lipinski definition) is 6. The van der Waals surface area contributed by atoms with Gasteiger partial charge in [-0.25, -0.2) is 38.3 Å². The fraction of sp³-hybridized carbons (Fsp3) is 0.627.